The van der Waals surface area contributed by atoms with Gasteiger partial charge in [-0.25, -0.2) is 0 Å². The molecule has 0 N–H and O–H groups in total. The van der Waals surface area contributed by atoms with Gasteiger partial charge in [-0.2, -0.15) is 10.2 Å². The van der Waals surface area contributed by atoms with E-state index in [1.807, 2.05) is 82.8 Å². The van der Waals surface area contributed by atoms with Gasteiger partial charge in [-0.15, -0.1) is 0 Å². The summed E-state index contributed by atoms with van der Waals surface area (Å²) in [6.07, 6.45) is 2.49. The van der Waals surface area contributed by atoms with Crippen LogP contribution in [0.25, 0.3) is 0 Å². The van der Waals surface area contributed by atoms with Crippen LogP contribution in [0.1, 0.15) is 35.1 Å². The van der Waals surface area contributed by atoms with Crippen molar-refractivity contribution in [2.24, 2.45) is 10.2 Å². The molecular formula is C39H42N4O5. The molecule has 48 heavy (non-hydrogen) atoms. The number of hydrogen-bond acceptors (Lipinski definition) is 9. The van der Waals surface area contributed by atoms with Crippen LogP contribution in [-0.2, 0) is 17.6 Å². The second-order valence-electron chi connectivity index (χ2n) is 11.9. The predicted molar refractivity (Wildman–Crippen MR) is 188 cm³/mol. The van der Waals surface area contributed by atoms with E-state index in [4.69, 9.17) is 29.2 Å². The molecule has 0 amide bonds. The Morgan fingerprint density at radius 1 is 0.583 bits per heavy atom. The standard InChI is InChI=1S/C39H42N4O5/c1-45-35-17-15-29(25-37(35)47-3)31-19-21-42(40-31)33(23-27-11-7-5-8-12-27)39(44)34(24-28-13-9-6-10-14-28)43-22-20-32(41-43)30-16-18-36(46-2)38(26-30)48-4/h5-18,25-26,33-34H,19-24H2,1-4H3. The van der Waals surface area contributed by atoms with Crippen LogP contribution in [0.3, 0.4) is 0 Å². The van der Waals surface area contributed by atoms with Gasteiger partial charge >= 0.3 is 0 Å². The van der Waals surface area contributed by atoms with E-state index in [-0.39, 0.29) is 5.78 Å². The van der Waals surface area contributed by atoms with Crippen LogP contribution in [0.15, 0.2) is 107 Å². The summed E-state index contributed by atoms with van der Waals surface area (Å²) in [6.45, 7) is 1.26. The lowest BCUT2D eigenvalue weighted by atomic mass is 9.93. The third kappa shape index (κ3) is 7.15. The average Bonchev–Trinajstić information content (AvgIpc) is 3.84. The van der Waals surface area contributed by atoms with Gasteiger partial charge in [-0.05, 0) is 47.5 Å². The molecule has 0 aliphatic carbocycles. The van der Waals surface area contributed by atoms with E-state index in [1.54, 1.807) is 28.4 Å². The van der Waals surface area contributed by atoms with Crippen molar-refractivity contribution in [2.75, 3.05) is 41.5 Å². The fourth-order valence-corrected chi connectivity index (χ4v) is 6.44. The Bertz CT molecular complexity index is 1650. The van der Waals surface area contributed by atoms with Crippen molar-refractivity contribution in [3.05, 3.63) is 119 Å². The van der Waals surface area contributed by atoms with Crippen LogP contribution in [0.4, 0.5) is 0 Å². The molecule has 2 atom stereocenters. The summed E-state index contributed by atoms with van der Waals surface area (Å²) in [5.41, 5.74) is 5.89. The number of rotatable bonds is 14. The summed E-state index contributed by atoms with van der Waals surface area (Å²) in [4.78, 5) is 15.0. The van der Waals surface area contributed by atoms with Crippen molar-refractivity contribution in [3.63, 3.8) is 0 Å². The first-order valence-corrected chi connectivity index (χ1v) is 16.3. The molecule has 2 unspecified atom stereocenters. The number of carbonyl (C=O) groups is 1. The highest BCUT2D eigenvalue weighted by Crippen LogP contribution is 2.32. The molecule has 2 aliphatic rings. The number of ether oxygens (including phenoxy) is 4. The van der Waals surface area contributed by atoms with E-state index in [2.05, 4.69) is 24.3 Å². The highest BCUT2D eigenvalue weighted by Gasteiger charge is 2.38. The van der Waals surface area contributed by atoms with Crippen LogP contribution in [0, 0.1) is 0 Å². The Morgan fingerprint density at radius 2 is 0.979 bits per heavy atom. The van der Waals surface area contributed by atoms with Gasteiger partial charge in [0.2, 0.25) is 0 Å². The third-order valence-corrected chi connectivity index (χ3v) is 9.01. The number of methoxy groups -OCH3 is 4. The van der Waals surface area contributed by atoms with Crippen LogP contribution < -0.4 is 18.9 Å². The zero-order valence-corrected chi connectivity index (χ0v) is 28.0. The number of carbonyl (C=O) groups excluding carboxylic acids is 1. The molecule has 4 aromatic carbocycles. The monoisotopic (exact) mass is 646 g/mol. The van der Waals surface area contributed by atoms with Gasteiger partial charge in [-0.1, -0.05) is 60.7 Å². The molecule has 0 aromatic heterocycles. The van der Waals surface area contributed by atoms with Crippen molar-refractivity contribution >= 4 is 17.2 Å². The lowest BCUT2D eigenvalue weighted by Gasteiger charge is -2.32. The van der Waals surface area contributed by atoms with Crippen LogP contribution in [0.5, 0.6) is 23.0 Å². The third-order valence-electron chi connectivity index (χ3n) is 9.01. The van der Waals surface area contributed by atoms with E-state index in [0.29, 0.717) is 61.8 Å². The molecule has 2 heterocycles. The van der Waals surface area contributed by atoms with Gasteiger partial charge < -0.3 is 18.9 Å². The summed E-state index contributed by atoms with van der Waals surface area (Å²) in [6, 6.07) is 31.0. The molecule has 0 spiro atoms. The molecule has 0 saturated carbocycles. The van der Waals surface area contributed by atoms with E-state index in [1.165, 1.54) is 0 Å². The van der Waals surface area contributed by atoms with E-state index >= 15 is 0 Å². The lowest BCUT2D eigenvalue weighted by Crippen LogP contribution is -2.49. The van der Waals surface area contributed by atoms with E-state index in [0.717, 1.165) is 33.7 Å². The number of benzene rings is 4. The minimum atomic E-state index is -0.487. The predicted octanol–water partition coefficient (Wildman–Crippen LogP) is 6.03. The number of Topliss-reactive ketones (excluding diaryl/α,β-unsaturated/α-hetero) is 1. The zero-order chi connectivity index (χ0) is 33.5. The molecular weight excluding hydrogens is 604 g/mol. The fraction of sp³-hybridized carbons (Fsp3) is 0.308. The molecule has 2 aliphatic heterocycles. The summed E-state index contributed by atoms with van der Waals surface area (Å²) < 4.78 is 22.0. The molecule has 4 aromatic rings. The maximum Gasteiger partial charge on any atom is 0.181 e. The molecule has 0 bridgehead atoms. The summed E-state index contributed by atoms with van der Waals surface area (Å²) in [5.74, 6) is 2.71. The van der Waals surface area contributed by atoms with Crippen LogP contribution in [0.2, 0.25) is 0 Å². The number of hydrogen-bond donors (Lipinski definition) is 0. The first-order valence-electron chi connectivity index (χ1n) is 16.3. The number of nitrogens with zero attached hydrogens (tertiary/aromatic N) is 4. The molecule has 9 heteroatoms. The lowest BCUT2D eigenvalue weighted by molar-refractivity contribution is -0.129. The molecule has 9 nitrogen and oxygen atoms in total. The largest absolute Gasteiger partial charge is 0.493 e. The summed E-state index contributed by atoms with van der Waals surface area (Å²) in [5, 5.41) is 14.1. The van der Waals surface area contributed by atoms with Gasteiger partial charge in [-0.3, -0.25) is 14.8 Å². The number of ketones is 1. The maximum absolute atomic E-state index is 15.0. The molecule has 248 valence electrons. The second-order valence-corrected chi connectivity index (χ2v) is 11.9. The SMILES string of the molecule is COc1ccc(C2=NN(C(Cc3ccccc3)C(=O)C(Cc3ccccc3)N3CCC(c4ccc(OC)c(OC)c4)=N3)CC2)cc1OC. The van der Waals surface area contributed by atoms with Crippen molar-refractivity contribution < 1.29 is 23.7 Å². The fourth-order valence-electron chi connectivity index (χ4n) is 6.44. The molecule has 6 rings (SSSR count). The van der Waals surface area contributed by atoms with Crippen LogP contribution in [-0.4, -0.2) is 80.8 Å². The molecule has 0 saturated heterocycles. The van der Waals surface area contributed by atoms with Crippen molar-refractivity contribution in [3.8, 4) is 23.0 Å². The minimum absolute atomic E-state index is 0.0947. The molecule has 0 fully saturated rings. The van der Waals surface area contributed by atoms with Crippen molar-refractivity contribution in [1.29, 1.82) is 0 Å². The first kappa shape index (κ1) is 32.6. The van der Waals surface area contributed by atoms with E-state index < -0.39 is 12.1 Å². The van der Waals surface area contributed by atoms with Gasteiger partial charge in [0.25, 0.3) is 0 Å². The topological polar surface area (TPSA) is 85.2 Å². The molecule has 0 radical (unpaired) electrons. The van der Waals surface area contributed by atoms with Gasteiger partial charge in [0, 0.05) is 49.9 Å². The number of hydrazone groups is 2. The van der Waals surface area contributed by atoms with Crippen LogP contribution >= 0.6 is 0 Å². The summed E-state index contributed by atoms with van der Waals surface area (Å²) in [7, 11) is 6.50. The van der Waals surface area contributed by atoms with E-state index in [9.17, 15) is 4.79 Å². The Balaban J connectivity index is 1.35. The quantitative estimate of drug-likeness (QED) is 0.165. The summed E-state index contributed by atoms with van der Waals surface area (Å²) >= 11 is 0. The Labute approximate surface area is 282 Å². The van der Waals surface area contributed by atoms with Crippen molar-refractivity contribution in [2.45, 2.75) is 37.8 Å². The first-order chi connectivity index (χ1) is 23.5. The van der Waals surface area contributed by atoms with Gasteiger partial charge in [0.1, 0.15) is 12.1 Å². The Kier molecular flexibility index (Phi) is 10.2. The van der Waals surface area contributed by atoms with Crippen molar-refractivity contribution in [1.82, 2.24) is 10.0 Å². The second kappa shape index (κ2) is 15.1. The Hall–Kier alpha value is -5.31. The Morgan fingerprint density at radius 3 is 1.35 bits per heavy atom. The average molecular weight is 647 g/mol. The highest BCUT2D eigenvalue weighted by molar-refractivity contribution is 6.03. The van der Waals surface area contributed by atoms with Gasteiger partial charge in [0.05, 0.1) is 39.9 Å². The smallest absolute Gasteiger partial charge is 0.181 e. The normalized spacial score (nSPS) is 15.4. The highest BCUT2D eigenvalue weighted by atomic mass is 16.5. The minimum Gasteiger partial charge on any atom is -0.493 e. The maximum atomic E-state index is 15.0. The zero-order valence-electron chi connectivity index (χ0n) is 28.0. The van der Waals surface area contributed by atoms with Gasteiger partial charge in [0.15, 0.2) is 28.8 Å².